The summed E-state index contributed by atoms with van der Waals surface area (Å²) in [6, 6.07) is 4.21. The summed E-state index contributed by atoms with van der Waals surface area (Å²) in [4.78, 5) is 22.3. The molecule has 0 radical (unpaired) electrons. The lowest BCUT2D eigenvalue weighted by Gasteiger charge is -2.09. The summed E-state index contributed by atoms with van der Waals surface area (Å²) in [5.74, 6) is -2.24. The molecule has 2 N–H and O–H groups in total. The normalized spacial score (nSPS) is 11.1. The van der Waals surface area contributed by atoms with Gasteiger partial charge in [-0.05, 0) is 24.6 Å². The summed E-state index contributed by atoms with van der Waals surface area (Å²) in [5.41, 5.74) is 0.302. The second-order valence-corrected chi connectivity index (χ2v) is 7.77. The van der Waals surface area contributed by atoms with Crippen LogP contribution >= 0.6 is 11.6 Å². The number of nitrogens with one attached hydrogen (secondary N) is 1. The highest BCUT2D eigenvalue weighted by molar-refractivity contribution is 7.92. The van der Waals surface area contributed by atoms with Gasteiger partial charge in [-0.3, -0.25) is 4.79 Å². The number of hydrogen-bond donors (Lipinski definition) is 2. The Kier molecular flexibility index (Phi) is 8.00. The largest absolute Gasteiger partial charge is 0.480 e. The summed E-state index contributed by atoms with van der Waals surface area (Å²) >= 11 is 5.93. The second kappa shape index (κ2) is 9.48. The van der Waals surface area contributed by atoms with E-state index in [0.29, 0.717) is 12.1 Å². The second-order valence-electron chi connectivity index (χ2n) is 5.17. The molecular weight excluding hydrogens is 358 g/mol. The molecule has 9 heteroatoms. The van der Waals surface area contributed by atoms with Crippen molar-refractivity contribution in [3.05, 3.63) is 23.2 Å². The average Bonchev–Trinajstić information content (AvgIpc) is 2.45. The van der Waals surface area contributed by atoms with E-state index in [9.17, 15) is 18.0 Å². The maximum Gasteiger partial charge on any atom is 0.341 e. The number of anilines is 1. The van der Waals surface area contributed by atoms with Crippen LogP contribution in [0.15, 0.2) is 18.2 Å². The standard InChI is InChI=1S/C15H20ClNO6S/c1-2-3-4-7-24(21,22)10-14(18)17-11-5-6-13(12(16)8-11)23-9-15(19)20/h5-6,8H,2-4,7,9-10H2,1H3,(H,17,18)(H,19,20). The van der Waals surface area contributed by atoms with E-state index in [0.717, 1.165) is 12.8 Å². The first-order valence-corrected chi connectivity index (χ1v) is 9.58. The van der Waals surface area contributed by atoms with Gasteiger partial charge in [0.1, 0.15) is 11.5 Å². The fourth-order valence-electron chi connectivity index (χ4n) is 1.88. The molecule has 7 nitrogen and oxygen atoms in total. The molecule has 0 heterocycles. The minimum absolute atomic E-state index is 0.0169. The molecule has 1 amide bonds. The molecule has 0 saturated carbocycles. The van der Waals surface area contributed by atoms with Crippen LogP contribution in [0.4, 0.5) is 5.69 Å². The molecule has 0 fully saturated rings. The molecule has 0 atom stereocenters. The summed E-state index contributed by atoms with van der Waals surface area (Å²) in [6.45, 7) is 1.42. The Bertz CT molecular complexity index is 689. The van der Waals surface area contributed by atoms with Crippen LogP contribution in [0.3, 0.4) is 0 Å². The van der Waals surface area contributed by atoms with Gasteiger partial charge >= 0.3 is 5.97 Å². The monoisotopic (exact) mass is 377 g/mol. The van der Waals surface area contributed by atoms with E-state index in [1.807, 2.05) is 6.92 Å². The van der Waals surface area contributed by atoms with Gasteiger partial charge in [0.05, 0.1) is 10.8 Å². The third-order valence-corrected chi connectivity index (χ3v) is 4.88. The topological polar surface area (TPSA) is 110 Å². The number of halogens is 1. The molecule has 1 aromatic carbocycles. The smallest absolute Gasteiger partial charge is 0.341 e. The Morgan fingerprint density at radius 2 is 2.00 bits per heavy atom. The number of rotatable bonds is 10. The van der Waals surface area contributed by atoms with Gasteiger partial charge in [-0.1, -0.05) is 31.4 Å². The van der Waals surface area contributed by atoms with E-state index in [-0.39, 0.29) is 16.5 Å². The fourth-order valence-corrected chi connectivity index (χ4v) is 3.37. The van der Waals surface area contributed by atoms with Crippen molar-refractivity contribution in [1.82, 2.24) is 0 Å². The van der Waals surface area contributed by atoms with Crippen molar-refractivity contribution in [2.24, 2.45) is 0 Å². The zero-order chi connectivity index (χ0) is 18.2. The Balaban J connectivity index is 2.61. The lowest BCUT2D eigenvalue weighted by molar-refractivity contribution is -0.139. The van der Waals surface area contributed by atoms with Gasteiger partial charge < -0.3 is 15.2 Å². The maximum absolute atomic E-state index is 11.8. The Morgan fingerprint density at radius 3 is 2.58 bits per heavy atom. The van der Waals surface area contributed by atoms with Gasteiger partial charge in [0.2, 0.25) is 5.91 Å². The zero-order valence-corrected chi connectivity index (χ0v) is 14.8. The molecular formula is C15H20ClNO6S. The number of amides is 1. The molecule has 134 valence electrons. The molecule has 0 unspecified atom stereocenters. The number of ether oxygens (including phenoxy) is 1. The van der Waals surface area contributed by atoms with Crippen LogP contribution in [0.1, 0.15) is 26.2 Å². The summed E-state index contributed by atoms with van der Waals surface area (Å²) in [7, 11) is -3.44. The van der Waals surface area contributed by atoms with Crippen LogP contribution in [0, 0.1) is 0 Å². The minimum atomic E-state index is -3.44. The average molecular weight is 378 g/mol. The number of unbranched alkanes of at least 4 members (excludes halogenated alkanes) is 2. The highest BCUT2D eigenvalue weighted by Crippen LogP contribution is 2.27. The SMILES string of the molecule is CCCCCS(=O)(=O)CC(=O)Nc1ccc(OCC(=O)O)c(Cl)c1. The van der Waals surface area contributed by atoms with Crippen molar-refractivity contribution in [2.75, 3.05) is 23.4 Å². The highest BCUT2D eigenvalue weighted by Gasteiger charge is 2.17. The molecule has 0 aliphatic heterocycles. The Morgan fingerprint density at radius 1 is 1.29 bits per heavy atom. The van der Waals surface area contributed by atoms with Crippen LogP contribution in [-0.4, -0.2) is 43.5 Å². The van der Waals surface area contributed by atoms with Crippen molar-refractivity contribution < 1.29 is 27.9 Å². The number of carboxylic acids is 1. The van der Waals surface area contributed by atoms with Crippen LogP contribution in [-0.2, 0) is 19.4 Å². The first kappa shape index (κ1) is 20.2. The number of carbonyl (C=O) groups excluding carboxylic acids is 1. The summed E-state index contributed by atoms with van der Waals surface area (Å²) in [5, 5.41) is 11.1. The number of carboxylic acid groups (broad SMARTS) is 1. The van der Waals surface area contributed by atoms with Gasteiger partial charge in [0, 0.05) is 5.69 Å². The van der Waals surface area contributed by atoms with Crippen molar-refractivity contribution in [3.63, 3.8) is 0 Å². The number of aliphatic carboxylic acids is 1. The van der Waals surface area contributed by atoms with Gasteiger partial charge in [-0.2, -0.15) is 0 Å². The molecule has 0 bridgehead atoms. The molecule has 1 rings (SSSR count). The zero-order valence-electron chi connectivity index (χ0n) is 13.2. The van der Waals surface area contributed by atoms with E-state index >= 15 is 0 Å². The fraction of sp³-hybridized carbons (Fsp3) is 0.467. The van der Waals surface area contributed by atoms with Crippen molar-refractivity contribution >= 4 is 39.0 Å². The number of hydrogen-bond acceptors (Lipinski definition) is 5. The molecule has 1 aromatic rings. The van der Waals surface area contributed by atoms with Crippen LogP contribution in [0.2, 0.25) is 5.02 Å². The molecule has 24 heavy (non-hydrogen) atoms. The van der Waals surface area contributed by atoms with E-state index in [2.05, 4.69) is 5.32 Å². The van der Waals surface area contributed by atoms with Crippen LogP contribution in [0.5, 0.6) is 5.75 Å². The third-order valence-electron chi connectivity index (χ3n) is 2.98. The number of carbonyl (C=O) groups is 2. The Labute approximate surface area is 145 Å². The van der Waals surface area contributed by atoms with Gasteiger partial charge in [0.25, 0.3) is 0 Å². The van der Waals surface area contributed by atoms with E-state index in [1.165, 1.54) is 18.2 Å². The molecule has 0 saturated heterocycles. The predicted molar refractivity (Wildman–Crippen MR) is 91.4 cm³/mol. The van der Waals surface area contributed by atoms with E-state index < -0.39 is 34.1 Å². The van der Waals surface area contributed by atoms with Gasteiger partial charge in [-0.15, -0.1) is 0 Å². The van der Waals surface area contributed by atoms with E-state index in [1.54, 1.807) is 0 Å². The molecule has 0 aliphatic rings. The lowest BCUT2D eigenvalue weighted by atomic mass is 10.3. The molecule has 0 aliphatic carbocycles. The third kappa shape index (κ3) is 7.65. The highest BCUT2D eigenvalue weighted by atomic mass is 35.5. The first-order chi connectivity index (χ1) is 11.2. The quantitative estimate of drug-likeness (QED) is 0.605. The van der Waals surface area contributed by atoms with Crippen molar-refractivity contribution in [3.8, 4) is 5.75 Å². The Hall–Kier alpha value is -1.80. The number of benzene rings is 1. The summed E-state index contributed by atoms with van der Waals surface area (Å²) < 4.78 is 28.6. The van der Waals surface area contributed by atoms with Crippen molar-refractivity contribution in [2.45, 2.75) is 26.2 Å². The van der Waals surface area contributed by atoms with E-state index in [4.69, 9.17) is 21.4 Å². The van der Waals surface area contributed by atoms with Gasteiger partial charge in [0.15, 0.2) is 16.4 Å². The van der Waals surface area contributed by atoms with Crippen LogP contribution < -0.4 is 10.1 Å². The first-order valence-electron chi connectivity index (χ1n) is 7.38. The van der Waals surface area contributed by atoms with Gasteiger partial charge in [-0.25, -0.2) is 13.2 Å². The minimum Gasteiger partial charge on any atom is -0.480 e. The summed E-state index contributed by atoms with van der Waals surface area (Å²) in [6.07, 6.45) is 2.23. The van der Waals surface area contributed by atoms with Crippen LogP contribution in [0.25, 0.3) is 0 Å². The molecule has 0 aromatic heterocycles. The predicted octanol–water partition coefficient (Wildman–Crippen LogP) is 2.35. The number of sulfone groups is 1. The lowest BCUT2D eigenvalue weighted by Crippen LogP contribution is -2.24. The molecule has 0 spiro atoms. The van der Waals surface area contributed by atoms with Crippen molar-refractivity contribution in [1.29, 1.82) is 0 Å². The maximum atomic E-state index is 11.8.